The fourth-order valence-electron chi connectivity index (χ4n) is 1.91. The van der Waals surface area contributed by atoms with E-state index in [0.29, 0.717) is 12.8 Å². The number of carbonyl (C=O) groups excluding carboxylic acids is 2. The first-order valence-corrected chi connectivity index (χ1v) is 5.66. The Labute approximate surface area is 128 Å². The van der Waals surface area contributed by atoms with E-state index >= 15 is 0 Å². The molecule has 0 aromatic rings. The molecule has 0 unspecified atom stereocenters. The molecule has 84 valence electrons. The zero-order valence-electron chi connectivity index (χ0n) is 9.58. The Morgan fingerprint density at radius 1 is 1.44 bits per heavy atom. The van der Waals surface area contributed by atoms with Gasteiger partial charge in [-0.15, -0.1) is 0 Å². The van der Waals surface area contributed by atoms with E-state index < -0.39 is 0 Å². The van der Waals surface area contributed by atoms with Gasteiger partial charge in [0.25, 0.3) is 0 Å². The Morgan fingerprint density at radius 3 is 2.31 bits per heavy atom. The Bertz CT molecular complexity index is 288. The molecule has 0 saturated heterocycles. The van der Waals surface area contributed by atoms with Crippen molar-refractivity contribution < 1.29 is 43.9 Å². The summed E-state index contributed by atoms with van der Waals surface area (Å²) in [5.74, 6) is -0.0148. The van der Waals surface area contributed by atoms with Gasteiger partial charge in [0.05, 0.1) is 13.0 Å². The van der Waals surface area contributed by atoms with Crippen molar-refractivity contribution in [2.45, 2.75) is 32.6 Å². The fourth-order valence-corrected chi connectivity index (χ4v) is 2.03. The third-order valence-corrected chi connectivity index (χ3v) is 3.02. The maximum atomic E-state index is 11.4. The van der Waals surface area contributed by atoms with Gasteiger partial charge < -0.3 is 29.6 Å². The van der Waals surface area contributed by atoms with Crippen molar-refractivity contribution in [2.75, 3.05) is 6.61 Å². The minimum absolute atomic E-state index is 0. The Hall–Kier alpha value is 0.450. The van der Waals surface area contributed by atoms with Gasteiger partial charge in [0.2, 0.25) is 0 Å². The van der Waals surface area contributed by atoms with Crippen molar-refractivity contribution in [1.29, 1.82) is 0 Å². The van der Waals surface area contributed by atoms with Gasteiger partial charge in [0, 0.05) is 22.6 Å². The number of rotatable bonds is 3. The predicted octanol–water partition coefficient (Wildman–Crippen LogP) is -1.44. The standard InChI is InChI=1S/C10H14O3S2.Na/c1-2-10(6-13-9(14)15)4-7(11)3-8(12)5-10;/h2-6H2,1H3,(H,14,15);/q;+1/p-1. The molecular weight excluding hydrogens is 255 g/mol. The minimum atomic E-state index is -0.380. The second-order valence-corrected chi connectivity index (χ2v) is 5.00. The number of ketones is 2. The molecule has 0 aromatic heterocycles. The van der Waals surface area contributed by atoms with E-state index in [4.69, 9.17) is 4.74 Å². The number of thiocarbonyl (C=S) groups is 1. The van der Waals surface area contributed by atoms with Crippen LogP contribution in [0.25, 0.3) is 0 Å². The van der Waals surface area contributed by atoms with E-state index in [1.165, 1.54) is 0 Å². The van der Waals surface area contributed by atoms with Crippen LogP contribution in [-0.2, 0) is 27.0 Å². The summed E-state index contributed by atoms with van der Waals surface area (Å²) in [4.78, 5) is 22.7. The van der Waals surface area contributed by atoms with Crippen LogP contribution in [0.2, 0.25) is 0 Å². The molecule has 1 rings (SSSR count). The number of Topliss-reactive ketones (excluding diaryl/α,β-unsaturated/α-hetero) is 2. The van der Waals surface area contributed by atoms with Crippen molar-refractivity contribution >= 4 is 40.8 Å². The number of ether oxygens (including phenoxy) is 1. The summed E-state index contributed by atoms with van der Waals surface area (Å²) in [5, 5.41) is 0. The van der Waals surface area contributed by atoms with Crippen LogP contribution in [0.1, 0.15) is 32.6 Å². The van der Waals surface area contributed by atoms with Crippen LogP contribution in [0.3, 0.4) is 0 Å². The van der Waals surface area contributed by atoms with E-state index in [9.17, 15) is 9.59 Å². The summed E-state index contributed by atoms with van der Waals surface area (Å²) in [6.07, 6.45) is 1.59. The normalized spacial score (nSPS) is 18.8. The van der Waals surface area contributed by atoms with Crippen LogP contribution in [0.4, 0.5) is 0 Å². The third-order valence-electron chi connectivity index (χ3n) is 2.78. The molecule has 16 heavy (non-hydrogen) atoms. The molecule has 0 radical (unpaired) electrons. The summed E-state index contributed by atoms with van der Waals surface area (Å²) in [5.41, 5.74) is -0.380. The van der Waals surface area contributed by atoms with Crippen molar-refractivity contribution in [3.8, 4) is 0 Å². The molecule has 1 saturated carbocycles. The van der Waals surface area contributed by atoms with Gasteiger partial charge in [-0.2, -0.15) is 0 Å². The zero-order valence-corrected chi connectivity index (χ0v) is 13.2. The Morgan fingerprint density at radius 2 is 1.94 bits per heavy atom. The van der Waals surface area contributed by atoms with E-state index in [0.717, 1.165) is 6.42 Å². The Balaban J connectivity index is 0.00000225. The van der Waals surface area contributed by atoms with E-state index in [2.05, 4.69) is 24.8 Å². The number of hydrogen-bond donors (Lipinski definition) is 0. The molecule has 0 heterocycles. The van der Waals surface area contributed by atoms with Crippen LogP contribution >= 0.6 is 12.2 Å². The summed E-state index contributed by atoms with van der Waals surface area (Å²) in [6.45, 7) is 2.23. The monoisotopic (exact) mass is 268 g/mol. The smallest absolute Gasteiger partial charge is 0.513 e. The van der Waals surface area contributed by atoms with Crippen LogP contribution in [0.5, 0.6) is 0 Å². The molecule has 1 aliphatic carbocycles. The molecule has 0 aromatic carbocycles. The van der Waals surface area contributed by atoms with E-state index in [1.54, 1.807) is 0 Å². The van der Waals surface area contributed by atoms with Gasteiger partial charge in [0.15, 0.2) is 0 Å². The van der Waals surface area contributed by atoms with Gasteiger partial charge in [-0.1, -0.05) is 6.92 Å². The fraction of sp³-hybridized carbons (Fsp3) is 0.700. The molecule has 1 aliphatic rings. The van der Waals surface area contributed by atoms with Crippen molar-refractivity contribution in [2.24, 2.45) is 5.41 Å². The average molecular weight is 268 g/mol. The molecule has 0 amide bonds. The SMILES string of the molecule is CCC1(COC(=S)[S-])CC(=O)CC(=O)C1.[Na+]. The van der Waals surface area contributed by atoms with Gasteiger partial charge in [-0.25, -0.2) is 0 Å². The largest absolute Gasteiger partial charge is 1.00 e. The van der Waals surface area contributed by atoms with E-state index in [-0.39, 0.29) is 63.9 Å². The molecule has 3 nitrogen and oxygen atoms in total. The molecule has 0 atom stereocenters. The first-order chi connectivity index (χ1) is 6.97. The summed E-state index contributed by atoms with van der Waals surface area (Å²) in [6, 6.07) is 0. The second kappa shape index (κ2) is 7.01. The van der Waals surface area contributed by atoms with Crippen LogP contribution in [0, 0.1) is 5.41 Å². The second-order valence-electron chi connectivity index (χ2n) is 4.00. The summed E-state index contributed by atoms with van der Waals surface area (Å²) >= 11 is 9.29. The van der Waals surface area contributed by atoms with Crippen LogP contribution in [-0.4, -0.2) is 22.6 Å². The van der Waals surface area contributed by atoms with Crippen molar-refractivity contribution in [1.82, 2.24) is 0 Å². The molecule has 0 spiro atoms. The molecule has 1 fully saturated rings. The molecule has 0 bridgehead atoms. The first-order valence-electron chi connectivity index (χ1n) is 4.84. The van der Waals surface area contributed by atoms with Crippen molar-refractivity contribution in [3.05, 3.63) is 0 Å². The maximum absolute atomic E-state index is 11.4. The van der Waals surface area contributed by atoms with Gasteiger partial charge in [-0.05, 0) is 6.42 Å². The van der Waals surface area contributed by atoms with Crippen LogP contribution in [0.15, 0.2) is 0 Å². The molecule has 6 heteroatoms. The van der Waals surface area contributed by atoms with Gasteiger partial charge in [-0.3, -0.25) is 9.59 Å². The third kappa shape index (κ3) is 4.75. The quantitative estimate of drug-likeness (QED) is 0.271. The van der Waals surface area contributed by atoms with Crippen molar-refractivity contribution in [3.63, 3.8) is 0 Å². The topological polar surface area (TPSA) is 43.4 Å². The van der Waals surface area contributed by atoms with Gasteiger partial charge in [0.1, 0.15) is 11.6 Å². The summed E-state index contributed by atoms with van der Waals surface area (Å²) in [7, 11) is 0. The van der Waals surface area contributed by atoms with Crippen LogP contribution < -0.4 is 29.6 Å². The summed E-state index contributed by atoms with van der Waals surface area (Å²) < 4.78 is 5.16. The average Bonchev–Trinajstić information content (AvgIpc) is 2.13. The number of hydrogen-bond acceptors (Lipinski definition) is 5. The maximum Gasteiger partial charge on any atom is 1.00 e. The van der Waals surface area contributed by atoms with E-state index in [1.807, 2.05) is 6.92 Å². The Kier molecular flexibility index (Phi) is 7.21. The first kappa shape index (κ1) is 16.4. The molecular formula is C10H13NaO3S2. The van der Waals surface area contributed by atoms with Gasteiger partial charge >= 0.3 is 29.6 Å². The minimum Gasteiger partial charge on any atom is -0.513 e. The molecule has 0 N–H and O–H groups in total. The predicted molar refractivity (Wildman–Crippen MR) is 62.5 cm³/mol. The molecule has 0 aliphatic heterocycles. The number of carbonyl (C=O) groups is 2. The zero-order chi connectivity index (χ0) is 11.5.